The third kappa shape index (κ3) is 3.94. The molecule has 2 fully saturated rings. The molecule has 2 aromatic carbocycles. The molecule has 5 heteroatoms. The summed E-state index contributed by atoms with van der Waals surface area (Å²) in [6.45, 7) is 3.72. The van der Waals surface area contributed by atoms with Gasteiger partial charge in [-0.25, -0.2) is 0 Å². The van der Waals surface area contributed by atoms with Gasteiger partial charge in [0.25, 0.3) is 5.91 Å². The summed E-state index contributed by atoms with van der Waals surface area (Å²) in [4.78, 5) is 28.7. The van der Waals surface area contributed by atoms with Gasteiger partial charge in [-0.15, -0.1) is 0 Å². The maximum Gasteiger partial charge on any atom is 0.253 e. The number of carbonyl (C=O) groups is 2. The Hall–Kier alpha value is -2.66. The zero-order valence-corrected chi connectivity index (χ0v) is 16.1. The van der Waals surface area contributed by atoms with Crippen LogP contribution < -0.4 is 5.73 Å². The summed E-state index contributed by atoms with van der Waals surface area (Å²) in [6, 6.07) is 17.9. The number of hydrogen-bond acceptors (Lipinski definition) is 3. The summed E-state index contributed by atoms with van der Waals surface area (Å²) in [5, 5.41) is 0. The quantitative estimate of drug-likeness (QED) is 0.891. The number of primary amides is 1. The van der Waals surface area contributed by atoms with Crippen molar-refractivity contribution in [2.45, 2.75) is 31.8 Å². The predicted octanol–water partition coefficient (Wildman–Crippen LogP) is 2.91. The topological polar surface area (TPSA) is 66.6 Å². The number of nitrogens with zero attached hydrogens (tertiary/aromatic N) is 2. The van der Waals surface area contributed by atoms with Crippen molar-refractivity contribution in [1.82, 2.24) is 9.80 Å². The maximum absolute atomic E-state index is 12.9. The molecule has 0 spiro atoms. The predicted molar refractivity (Wildman–Crippen MR) is 109 cm³/mol. The minimum absolute atomic E-state index is 0.0506. The fourth-order valence-electron chi connectivity index (χ4n) is 4.66. The fraction of sp³-hybridized carbons (Fsp3) is 0.391. The average molecular weight is 377 g/mol. The van der Waals surface area contributed by atoms with E-state index in [1.54, 1.807) is 24.3 Å². The lowest BCUT2D eigenvalue weighted by molar-refractivity contribution is 0.0175. The Morgan fingerprint density at radius 2 is 1.64 bits per heavy atom. The summed E-state index contributed by atoms with van der Waals surface area (Å²) < 4.78 is 0. The molecule has 4 rings (SSSR count). The normalized spacial score (nSPS) is 22.5. The maximum atomic E-state index is 12.9. The first-order chi connectivity index (χ1) is 13.6. The Labute approximate surface area is 166 Å². The Balaban J connectivity index is 1.41. The van der Waals surface area contributed by atoms with E-state index in [9.17, 15) is 9.59 Å². The molecule has 146 valence electrons. The number of benzene rings is 2. The van der Waals surface area contributed by atoms with E-state index in [-0.39, 0.29) is 5.91 Å². The highest BCUT2D eigenvalue weighted by molar-refractivity contribution is 5.97. The number of likely N-dealkylation sites (tertiary alicyclic amines) is 2. The lowest BCUT2D eigenvalue weighted by atomic mass is 9.83. The molecule has 2 aliphatic rings. The van der Waals surface area contributed by atoms with Crippen molar-refractivity contribution in [3.8, 4) is 0 Å². The number of hydrogen-bond donors (Lipinski definition) is 1. The number of fused-ring (bicyclic) bond motifs is 1. The number of amides is 2. The van der Waals surface area contributed by atoms with E-state index >= 15 is 0 Å². The molecule has 2 atom stereocenters. The largest absolute Gasteiger partial charge is 0.366 e. The average Bonchev–Trinajstić information content (AvgIpc) is 2.74. The van der Waals surface area contributed by atoms with E-state index in [0.29, 0.717) is 23.1 Å². The van der Waals surface area contributed by atoms with E-state index < -0.39 is 5.91 Å². The zero-order valence-electron chi connectivity index (χ0n) is 16.1. The first-order valence-electron chi connectivity index (χ1n) is 10.1. The number of piperidine rings is 2. The molecule has 2 aromatic rings. The van der Waals surface area contributed by atoms with Crippen molar-refractivity contribution in [2.75, 3.05) is 19.6 Å². The molecule has 0 aliphatic carbocycles. The Morgan fingerprint density at radius 1 is 0.929 bits per heavy atom. The van der Waals surface area contributed by atoms with Gasteiger partial charge in [0.05, 0.1) is 0 Å². The molecule has 0 saturated carbocycles. The first-order valence-corrected chi connectivity index (χ1v) is 10.1. The van der Waals surface area contributed by atoms with Crippen molar-refractivity contribution >= 4 is 11.8 Å². The van der Waals surface area contributed by atoms with Crippen LogP contribution in [0.3, 0.4) is 0 Å². The highest BCUT2D eigenvalue weighted by Gasteiger charge is 2.37. The molecule has 2 aliphatic heterocycles. The van der Waals surface area contributed by atoms with Gasteiger partial charge in [0.15, 0.2) is 0 Å². The monoisotopic (exact) mass is 377 g/mol. The van der Waals surface area contributed by atoms with Crippen molar-refractivity contribution in [3.05, 3.63) is 71.3 Å². The van der Waals surface area contributed by atoms with E-state index in [4.69, 9.17) is 5.73 Å². The Kier molecular flexibility index (Phi) is 5.44. The van der Waals surface area contributed by atoms with E-state index in [1.165, 1.54) is 18.4 Å². The van der Waals surface area contributed by atoms with Gasteiger partial charge in [-0.1, -0.05) is 30.3 Å². The van der Waals surface area contributed by atoms with Gasteiger partial charge in [0.1, 0.15) is 0 Å². The minimum Gasteiger partial charge on any atom is -0.366 e. The van der Waals surface area contributed by atoms with Crippen LogP contribution in [0.2, 0.25) is 0 Å². The summed E-state index contributed by atoms with van der Waals surface area (Å²) >= 11 is 0. The second kappa shape index (κ2) is 8.15. The lowest BCUT2D eigenvalue weighted by Gasteiger charge is -2.47. The van der Waals surface area contributed by atoms with Crippen LogP contribution in [0.1, 0.15) is 45.5 Å². The van der Waals surface area contributed by atoms with Crippen LogP contribution in [0.15, 0.2) is 54.6 Å². The third-order valence-electron chi connectivity index (χ3n) is 6.12. The fourth-order valence-corrected chi connectivity index (χ4v) is 4.66. The van der Waals surface area contributed by atoms with Gasteiger partial charge in [-0.05, 0) is 61.6 Å². The number of carbonyl (C=O) groups excluding carboxylic acids is 2. The highest BCUT2D eigenvalue weighted by Crippen LogP contribution is 2.32. The van der Waals surface area contributed by atoms with E-state index in [1.807, 2.05) is 4.90 Å². The lowest BCUT2D eigenvalue weighted by Crippen LogP contribution is -2.54. The SMILES string of the molecule is NC(=O)c1ccc(C(=O)N2CCC3C(CCCN3Cc3ccccc3)C2)cc1. The number of rotatable bonds is 4. The molecule has 2 heterocycles. The van der Waals surface area contributed by atoms with Crippen molar-refractivity contribution in [2.24, 2.45) is 11.7 Å². The van der Waals surface area contributed by atoms with Crippen molar-refractivity contribution in [3.63, 3.8) is 0 Å². The van der Waals surface area contributed by atoms with Gasteiger partial charge in [-0.3, -0.25) is 14.5 Å². The van der Waals surface area contributed by atoms with E-state index in [0.717, 1.165) is 32.6 Å². The van der Waals surface area contributed by atoms with Crippen LogP contribution in [0.25, 0.3) is 0 Å². The van der Waals surface area contributed by atoms with Gasteiger partial charge in [-0.2, -0.15) is 0 Å². The van der Waals surface area contributed by atoms with Gasteiger partial charge in [0, 0.05) is 36.8 Å². The van der Waals surface area contributed by atoms with Crippen LogP contribution in [-0.2, 0) is 6.54 Å². The summed E-state index contributed by atoms with van der Waals surface area (Å²) in [5.74, 6) is 0.107. The van der Waals surface area contributed by atoms with Crippen molar-refractivity contribution in [1.29, 1.82) is 0 Å². The van der Waals surface area contributed by atoms with E-state index in [2.05, 4.69) is 35.2 Å². The van der Waals surface area contributed by atoms with Gasteiger partial charge in [0.2, 0.25) is 5.91 Å². The van der Waals surface area contributed by atoms with Gasteiger partial charge < -0.3 is 10.6 Å². The molecule has 0 aromatic heterocycles. The summed E-state index contributed by atoms with van der Waals surface area (Å²) in [5.41, 5.74) is 7.70. The standard InChI is InChI=1S/C23H27N3O2/c24-22(27)18-8-10-19(11-9-18)23(28)26-14-12-21-20(16-26)7-4-13-25(21)15-17-5-2-1-3-6-17/h1-3,5-6,8-11,20-21H,4,7,12-16H2,(H2,24,27). The number of nitrogens with two attached hydrogens (primary N) is 1. The highest BCUT2D eigenvalue weighted by atomic mass is 16.2. The third-order valence-corrected chi connectivity index (χ3v) is 6.12. The van der Waals surface area contributed by atoms with Crippen LogP contribution >= 0.6 is 0 Å². The van der Waals surface area contributed by atoms with Crippen LogP contribution in [0.4, 0.5) is 0 Å². The second-order valence-electron chi connectivity index (χ2n) is 7.91. The molecule has 0 bridgehead atoms. The van der Waals surface area contributed by atoms with Crippen LogP contribution in [-0.4, -0.2) is 47.3 Å². The molecule has 2 unspecified atom stereocenters. The molecular formula is C23H27N3O2. The summed E-state index contributed by atoms with van der Waals surface area (Å²) in [7, 11) is 0. The molecule has 0 radical (unpaired) electrons. The van der Waals surface area contributed by atoms with Crippen molar-refractivity contribution < 1.29 is 9.59 Å². The molecule has 2 amide bonds. The Morgan fingerprint density at radius 3 is 2.36 bits per heavy atom. The Bertz CT molecular complexity index is 835. The molecule has 2 saturated heterocycles. The van der Waals surface area contributed by atoms with Crippen LogP contribution in [0, 0.1) is 5.92 Å². The van der Waals surface area contributed by atoms with Crippen LogP contribution in [0.5, 0.6) is 0 Å². The second-order valence-corrected chi connectivity index (χ2v) is 7.91. The minimum atomic E-state index is -0.472. The molecule has 5 nitrogen and oxygen atoms in total. The molecule has 28 heavy (non-hydrogen) atoms. The first kappa shape index (κ1) is 18.7. The summed E-state index contributed by atoms with van der Waals surface area (Å²) in [6.07, 6.45) is 3.38. The van der Waals surface area contributed by atoms with Gasteiger partial charge >= 0.3 is 0 Å². The zero-order chi connectivity index (χ0) is 19.5. The molecule has 2 N–H and O–H groups in total. The molecular weight excluding hydrogens is 350 g/mol. The smallest absolute Gasteiger partial charge is 0.253 e.